The summed E-state index contributed by atoms with van der Waals surface area (Å²) >= 11 is 0. The number of nitrogens with one attached hydrogen (secondary N) is 1. The van der Waals surface area contributed by atoms with Crippen molar-refractivity contribution in [1.82, 2.24) is 15.0 Å². The minimum absolute atomic E-state index is 0.00560. The number of amides is 2. The highest BCUT2D eigenvalue weighted by atomic mass is 28.3. The third-order valence-corrected chi connectivity index (χ3v) is 14.4. The predicted molar refractivity (Wildman–Crippen MR) is 184 cm³/mol. The van der Waals surface area contributed by atoms with E-state index in [4.69, 9.17) is 15.2 Å². The molecular formula is C35H42N6O5Si. The molecule has 0 aliphatic carbocycles. The molecule has 4 aromatic rings. The van der Waals surface area contributed by atoms with Gasteiger partial charge < -0.3 is 30.5 Å². The molecule has 11 nitrogen and oxygen atoms in total. The summed E-state index contributed by atoms with van der Waals surface area (Å²) in [7, 11) is 1.12. The molecule has 0 radical (unpaired) electrons. The van der Waals surface area contributed by atoms with E-state index in [2.05, 4.69) is 47.8 Å². The second kappa shape index (κ2) is 12.6. The summed E-state index contributed by atoms with van der Waals surface area (Å²) in [5.41, 5.74) is 8.51. The molecule has 1 fully saturated rings. The largest absolute Gasteiger partial charge is 0.497 e. The van der Waals surface area contributed by atoms with Crippen molar-refractivity contribution in [2.75, 3.05) is 36.7 Å². The van der Waals surface area contributed by atoms with E-state index in [9.17, 15) is 14.7 Å². The highest BCUT2D eigenvalue weighted by Gasteiger charge is 2.65. The Kier molecular flexibility index (Phi) is 8.68. The molecule has 3 heterocycles. The van der Waals surface area contributed by atoms with Gasteiger partial charge in [0.15, 0.2) is 5.60 Å². The Morgan fingerprint density at radius 3 is 2.53 bits per heavy atom. The van der Waals surface area contributed by atoms with Crippen molar-refractivity contribution in [1.29, 1.82) is 0 Å². The topological polar surface area (TPSA) is 145 Å². The first-order valence-corrected chi connectivity index (χ1v) is 19.0. The predicted octanol–water partition coefficient (Wildman–Crippen LogP) is 3.94. The Balaban J connectivity index is 1.38. The number of aromatic nitrogens is 3. The van der Waals surface area contributed by atoms with Crippen molar-refractivity contribution in [2.45, 2.75) is 56.7 Å². The number of hydrogen-bond donors (Lipinski definition) is 3. The number of aliphatic hydroxyl groups excluding tert-OH is 1. The van der Waals surface area contributed by atoms with Crippen LogP contribution in [0.1, 0.15) is 35.0 Å². The molecule has 4 atom stereocenters. The normalized spacial score (nSPS) is 22.1. The van der Waals surface area contributed by atoms with Crippen molar-refractivity contribution >= 4 is 42.1 Å². The summed E-state index contributed by atoms with van der Waals surface area (Å²) in [6.45, 7) is 7.37. The third-order valence-electron chi connectivity index (χ3n) is 9.99. The molecule has 1 aromatic heterocycles. The second-order valence-electron chi connectivity index (χ2n) is 13.1. The summed E-state index contributed by atoms with van der Waals surface area (Å²) in [5, 5.41) is 22.1. The van der Waals surface area contributed by atoms with Crippen LogP contribution in [-0.4, -0.2) is 66.9 Å². The smallest absolute Gasteiger partial charge is 0.264 e. The summed E-state index contributed by atoms with van der Waals surface area (Å²) in [4.78, 5) is 29.2. The summed E-state index contributed by atoms with van der Waals surface area (Å²) in [6.07, 6.45) is 2.64. The van der Waals surface area contributed by atoms with Gasteiger partial charge in [0.2, 0.25) is 0 Å². The van der Waals surface area contributed by atoms with Crippen LogP contribution in [0.5, 0.6) is 5.75 Å². The molecule has 1 spiro atoms. The van der Waals surface area contributed by atoms with Crippen LogP contribution < -0.4 is 25.9 Å². The van der Waals surface area contributed by atoms with Gasteiger partial charge in [-0.3, -0.25) is 14.3 Å². The standard InChI is InChI=1S/C35H42N6O5Si/c1-22-32(47(4,5)28-13-11-27(45-3)12-14-28)31(16-18-41-21-26(17-19-42)38-39-41)46-35(22)29-20-25(10-15-30(29)40(2)34(35)44)37-33(43)23-6-8-24(36)9-7-23/h6-15,20-22,31-32,42H,16-19,36H2,1-5H3,(H,37,43)/t22-,31+,32-,35+/m0/s1. The summed E-state index contributed by atoms with van der Waals surface area (Å²) < 4.78 is 14.3. The van der Waals surface area contributed by atoms with Gasteiger partial charge in [-0.25, -0.2) is 0 Å². The van der Waals surface area contributed by atoms with E-state index >= 15 is 0 Å². The minimum Gasteiger partial charge on any atom is -0.497 e. The average Bonchev–Trinajstić information content (AvgIpc) is 3.70. The first-order valence-electron chi connectivity index (χ1n) is 15.9. The second-order valence-corrected chi connectivity index (χ2v) is 17.8. The lowest BCUT2D eigenvalue weighted by Crippen LogP contribution is -2.51. The number of methoxy groups -OCH3 is 1. The number of rotatable bonds is 10. The van der Waals surface area contributed by atoms with Crippen molar-refractivity contribution in [3.63, 3.8) is 0 Å². The van der Waals surface area contributed by atoms with Crippen molar-refractivity contribution in [3.05, 3.63) is 89.7 Å². The first kappa shape index (κ1) is 32.4. The number of nitrogen functional groups attached to an aromatic ring is 1. The highest BCUT2D eigenvalue weighted by molar-refractivity contribution is 6.91. The van der Waals surface area contributed by atoms with Gasteiger partial charge in [0.05, 0.1) is 32.7 Å². The maximum atomic E-state index is 14.4. The number of anilines is 3. The molecule has 2 aliphatic heterocycles. The number of aryl methyl sites for hydroxylation is 1. The molecule has 47 heavy (non-hydrogen) atoms. The SMILES string of the molecule is COc1ccc([Si](C)(C)[C@@H]2[C@@H](CCn3cc(CCO)nn3)O[C@]3(C(=O)N(C)c4ccc(NC(=O)c5ccc(N)cc5)cc43)[C@H]2C)cc1. The zero-order chi connectivity index (χ0) is 33.5. The number of carbonyl (C=O) groups excluding carboxylic acids is 2. The monoisotopic (exact) mass is 654 g/mol. The number of aliphatic hydroxyl groups is 1. The van der Waals surface area contributed by atoms with E-state index in [1.165, 1.54) is 5.19 Å². The molecule has 246 valence electrons. The van der Waals surface area contributed by atoms with E-state index in [1.807, 2.05) is 36.5 Å². The zero-order valence-corrected chi connectivity index (χ0v) is 28.4. The molecule has 1 saturated heterocycles. The fourth-order valence-electron chi connectivity index (χ4n) is 7.54. The number of benzene rings is 3. The van der Waals surface area contributed by atoms with Gasteiger partial charge in [-0.2, -0.15) is 0 Å². The zero-order valence-electron chi connectivity index (χ0n) is 27.4. The van der Waals surface area contributed by atoms with Crippen LogP contribution in [0.25, 0.3) is 0 Å². The fourth-order valence-corrected chi connectivity index (χ4v) is 11.6. The van der Waals surface area contributed by atoms with Crippen molar-refractivity contribution in [3.8, 4) is 5.75 Å². The quantitative estimate of drug-likeness (QED) is 0.172. The number of ether oxygens (including phenoxy) is 2. The highest BCUT2D eigenvalue weighted by Crippen LogP contribution is 2.60. The Bertz CT molecular complexity index is 1780. The van der Waals surface area contributed by atoms with Crippen LogP contribution in [0.15, 0.2) is 72.9 Å². The van der Waals surface area contributed by atoms with Gasteiger partial charge in [0, 0.05) is 61.2 Å². The molecule has 3 aromatic carbocycles. The van der Waals surface area contributed by atoms with E-state index < -0.39 is 13.7 Å². The van der Waals surface area contributed by atoms with Crippen LogP contribution in [-0.2, 0) is 28.1 Å². The minimum atomic E-state index is -2.32. The van der Waals surface area contributed by atoms with Gasteiger partial charge in [0.1, 0.15) is 5.75 Å². The van der Waals surface area contributed by atoms with Gasteiger partial charge in [-0.15, -0.1) is 5.10 Å². The molecular weight excluding hydrogens is 613 g/mol. The molecule has 6 rings (SSSR count). The van der Waals surface area contributed by atoms with E-state index in [0.717, 1.165) is 22.7 Å². The number of carbonyl (C=O) groups is 2. The van der Waals surface area contributed by atoms with Gasteiger partial charge in [0.25, 0.3) is 11.8 Å². The van der Waals surface area contributed by atoms with Crippen LogP contribution in [0.2, 0.25) is 18.6 Å². The molecule has 2 aliphatic rings. The van der Waals surface area contributed by atoms with Crippen molar-refractivity contribution in [2.24, 2.45) is 5.92 Å². The third kappa shape index (κ3) is 5.70. The van der Waals surface area contributed by atoms with Crippen LogP contribution in [0, 0.1) is 5.92 Å². The average molecular weight is 655 g/mol. The summed E-state index contributed by atoms with van der Waals surface area (Å²) in [5.74, 6) is 0.229. The Morgan fingerprint density at radius 2 is 1.85 bits per heavy atom. The Labute approximate surface area is 275 Å². The molecule has 0 bridgehead atoms. The number of fused-ring (bicyclic) bond motifs is 2. The number of likely N-dealkylation sites (N-methyl/N-ethyl adjacent to an activating group) is 1. The van der Waals surface area contributed by atoms with Crippen molar-refractivity contribution < 1.29 is 24.2 Å². The molecule has 4 N–H and O–H groups in total. The Morgan fingerprint density at radius 1 is 1.13 bits per heavy atom. The lowest BCUT2D eigenvalue weighted by atomic mass is 9.82. The number of nitrogens with two attached hydrogens (primary N) is 1. The van der Waals surface area contributed by atoms with Crippen LogP contribution >= 0.6 is 0 Å². The van der Waals surface area contributed by atoms with Gasteiger partial charge in [-0.05, 0) is 66.6 Å². The lowest BCUT2D eigenvalue weighted by Gasteiger charge is -2.37. The summed E-state index contributed by atoms with van der Waals surface area (Å²) in [6, 6.07) is 20.6. The fraction of sp³-hybridized carbons (Fsp3) is 0.371. The lowest BCUT2D eigenvalue weighted by molar-refractivity contribution is -0.145. The van der Waals surface area contributed by atoms with Gasteiger partial charge in [-0.1, -0.05) is 42.6 Å². The van der Waals surface area contributed by atoms with Gasteiger partial charge >= 0.3 is 0 Å². The van der Waals surface area contributed by atoms with E-state index in [0.29, 0.717) is 36.3 Å². The molecule has 2 amide bonds. The maximum Gasteiger partial charge on any atom is 0.264 e. The van der Waals surface area contributed by atoms with E-state index in [-0.39, 0.29) is 36.0 Å². The Hall–Kier alpha value is -4.52. The molecule has 12 heteroatoms. The molecule has 0 saturated carbocycles. The number of nitrogens with zero attached hydrogens (tertiary/aromatic N) is 4. The number of hydrogen-bond acceptors (Lipinski definition) is 8. The first-order chi connectivity index (χ1) is 22.5. The van der Waals surface area contributed by atoms with E-state index in [1.54, 1.807) is 48.0 Å². The van der Waals surface area contributed by atoms with Crippen LogP contribution in [0.4, 0.5) is 17.1 Å². The van der Waals surface area contributed by atoms with Crippen LogP contribution in [0.3, 0.4) is 0 Å². The maximum absolute atomic E-state index is 14.4. The molecule has 0 unspecified atom stereocenters.